The van der Waals surface area contributed by atoms with Crippen LogP contribution in [0.15, 0.2) is 0 Å². The number of aliphatic hydroxyl groups excluding tert-OH is 3. The quantitative estimate of drug-likeness (QED) is 0.239. The minimum atomic E-state index is -2.78. The van der Waals surface area contributed by atoms with Crippen LogP contribution in [0.2, 0.25) is 0 Å². The molecule has 0 saturated carbocycles. The van der Waals surface area contributed by atoms with E-state index in [1.807, 2.05) is 0 Å². The van der Waals surface area contributed by atoms with E-state index in [2.05, 4.69) is 5.32 Å². The third-order valence-electron chi connectivity index (χ3n) is 3.34. The van der Waals surface area contributed by atoms with E-state index in [9.17, 15) is 30.0 Å². The number of amides is 1. The van der Waals surface area contributed by atoms with E-state index < -0.39 is 67.0 Å². The molecule has 1 rings (SSSR count). The predicted octanol–water partition coefficient (Wildman–Crippen LogP) is -3.69. The summed E-state index contributed by atoms with van der Waals surface area (Å²) in [6, 6.07) is -1.29. The van der Waals surface area contributed by atoms with Gasteiger partial charge in [0.05, 0.1) is 18.2 Å². The Bertz CT molecular complexity index is 425. The Morgan fingerprint density at radius 1 is 1.45 bits per heavy atom. The number of ether oxygens (including phenoxy) is 1. The number of aliphatic hydroxyl groups is 4. The van der Waals surface area contributed by atoms with Crippen LogP contribution in [-0.4, -0.2) is 86.1 Å². The van der Waals surface area contributed by atoms with Gasteiger partial charge in [0, 0.05) is 13.0 Å². The lowest BCUT2D eigenvalue weighted by molar-refractivity contribution is -0.294. The summed E-state index contributed by atoms with van der Waals surface area (Å²) in [5.74, 6) is -5.72. The molecule has 2 unspecified atom stereocenters. The largest absolute Gasteiger partial charge is 0.477 e. The predicted molar refractivity (Wildman–Crippen MR) is 71.8 cm³/mol. The molecule has 1 aliphatic heterocycles. The Hall–Kier alpha value is -1.01. The van der Waals surface area contributed by atoms with Gasteiger partial charge in [0.2, 0.25) is 5.91 Å². The summed E-state index contributed by atoms with van der Waals surface area (Å²) in [4.78, 5) is 22.4. The first kappa shape index (κ1) is 19.0. The third kappa shape index (κ3) is 4.04. The monoisotopic (exact) mass is 342 g/mol. The minimum absolute atomic E-state index is 0.390. The Morgan fingerprint density at radius 2 is 2.05 bits per heavy atom. The fourth-order valence-electron chi connectivity index (χ4n) is 2.16. The molecule has 0 bridgehead atoms. The molecule has 8 N–H and O–H groups in total. The lowest BCUT2D eigenvalue weighted by Crippen LogP contribution is -2.67. The van der Waals surface area contributed by atoms with E-state index in [-0.39, 0.29) is 0 Å². The van der Waals surface area contributed by atoms with Crippen molar-refractivity contribution in [1.29, 1.82) is 0 Å². The Labute approximate surface area is 130 Å². The summed E-state index contributed by atoms with van der Waals surface area (Å²) in [6.07, 6.45) is -7.21. The number of carbonyl (C=O) groups excluding carboxylic acids is 1. The van der Waals surface area contributed by atoms with E-state index in [1.165, 1.54) is 0 Å². The number of nitrogens with two attached hydrogens (primary N) is 1. The number of rotatable bonds is 6. The first-order valence-electron chi connectivity index (χ1n) is 6.39. The van der Waals surface area contributed by atoms with Crippen LogP contribution in [0, 0.1) is 0 Å². The molecule has 0 aromatic rings. The van der Waals surface area contributed by atoms with Crippen LogP contribution in [-0.2, 0) is 14.3 Å². The molecule has 128 valence electrons. The molecular formula is C11H19ClN2O8. The molecule has 1 saturated heterocycles. The fraction of sp³-hybridized carbons (Fsp3) is 0.818. The van der Waals surface area contributed by atoms with Gasteiger partial charge in [0.25, 0.3) is 5.79 Å². The van der Waals surface area contributed by atoms with Gasteiger partial charge in [-0.3, -0.25) is 4.79 Å². The van der Waals surface area contributed by atoms with Gasteiger partial charge in [0.15, 0.2) is 0 Å². The maximum absolute atomic E-state index is 11.4. The second kappa shape index (κ2) is 7.51. The van der Waals surface area contributed by atoms with Crippen molar-refractivity contribution < 1.29 is 39.9 Å². The molecule has 1 fully saturated rings. The number of hydrogen-bond donors (Lipinski definition) is 7. The standard InChI is InChI=1S/C11H19ClN2O8/c12-2-6(17)14-7-4(15)1-11(21,10(19)20)22-9(7)8(18)5(16)3-13/h4-5,7-9,15-16,18,21H,1-3,13H2,(H,14,17)(H,19,20)/t4?,5-,7-,8-,9?,11+/m1/s1. The van der Waals surface area contributed by atoms with Gasteiger partial charge in [-0.25, -0.2) is 4.79 Å². The van der Waals surface area contributed by atoms with E-state index in [0.29, 0.717) is 0 Å². The zero-order valence-electron chi connectivity index (χ0n) is 11.4. The summed E-state index contributed by atoms with van der Waals surface area (Å²) in [7, 11) is 0. The lowest BCUT2D eigenvalue weighted by Gasteiger charge is -2.44. The number of hydrogen-bond acceptors (Lipinski definition) is 8. The number of carboxylic acids is 1. The Morgan fingerprint density at radius 3 is 2.50 bits per heavy atom. The van der Waals surface area contributed by atoms with Gasteiger partial charge in [0.1, 0.15) is 18.1 Å². The first-order chi connectivity index (χ1) is 10.2. The van der Waals surface area contributed by atoms with Crippen LogP contribution in [0.25, 0.3) is 0 Å². The van der Waals surface area contributed by atoms with Crippen LogP contribution in [0.1, 0.15) is 6.42 Å². The van der Waals surface area contributed by atoms with Gasteiger partial charge in [-0.1, -0.05) is 0 Å². The summed E-state index contributed by atoms with van der Waals surface area (Å²) in [6.45, 7) is -0.390. The topological polar surface area (TPSA) is 183 Å². The highest BCUT2D eigenvalue weighted by Crippen LogP contribution is 2.30. The SMILES string of the molecule is NC[C@@H](O)[C@@H](O)C1O[C@](O)(C(=O)O)CC(O)[C@H]1NC(=O)CCl. The molecule has 6 atom stereocenters. The van der Waals surface area contributed by atoms with Crippen LogP contribution in [0.5, 0.6) is 0 Å². The highest BCUT2D eigenvalue weighted by Gasteiger charge is 2.53. The van der Waals surface area contributed by atoms with Crippen molar-refractivity contribution in [3.8, 4) is 0 Å². The summed E-state index contributed by atoms with van der Waals surface area (Å²) in [5.41, 5.74) is 5.20. The molecule has 1 heterocycles. The molecule has 0 spiro atoms. The van der Waals surface area contributed by atoms with Crippen molar-refractivity contribution in [3.05, 3.63) is 0 Å². The molecule has 0 aromatic carbocycles. The molecule has 1 amide bonds. The van der Waals surface area contributed by atoms with Gasteiger partial charge in [-0.15, -0.1) is 11.6 Å². The fourth-order valence-corrected chi connectivity index (χ4v) is 2.23. The molecule has 10 nitrogen and oxygen atoms in total. The van der Waals surface area contributed by atoms with Crippen LogP contribution in [0.4, 0.5) is 0 Å². The average molecular weight is 343 g/mol. The van der Waals surface area contributed by atoms with Crippen LogP contribution < -0.4 is 11.1 Å². The molecule has 22 heavy (non-hydrogen) atoms. The zero-order chi connectivity index (χ0) is 17.1. The second-order valence-corrected chi connectivity index (χ2v) is 5.23. The van der Waals surface area contributed by atoms with Crippen molar-refractivity contribution >= 4 is 23.5 Å². The van der Waals surface area contributed by atoms with E-state index >= 15 is 0 Å². The third-order valence-corrected chi connectivity index (χ3v) is 3.58. The highest BCUT2D eigenvalue weighted by atomic mass is 35.5. The van der Waals surface area contributed by atoms with Gasteiger partial charge < -0.3 is 41.3 Å². The van der Waals surface area contributed by atoms with Crippen molar-refractivity contribution in [3.63, 3.8) is 0 Å². The van der Waals surface area contributed by atoms with Crippen molar-refractivity contribution in [2.45, 2.75) is 42.7 Å². The smallest absolute Gasteiger partial charge is 0.364 e. The summed E-state index contributed by atoms with van der Waals surface area (Å²) >= 11 is 5.33. The van der Waals surface area contributed by atoms with Crippen LogP contribution in [0.3, 0.4) is 0 Å². The molecule has 11 heteroatoms. The number of nitrogens with one attached hydrogen (secondary N) is 1. The molecule has 0 aromatic heterocycles. The minimum Gasteiger partial charge on any atom is -0.477 e. The highest BCUT2D eigenvalue weighted by molar-refractivity contribution is 6.27. The van der Waals surface area contributed by atoms with E-state index in [1.54, 1.807) is 0 Å². The molecular weight excluding hydrogens is 324 g/mol. The zero-order valence-corrected chi connectivity index (χ0v) is 12.2. The number of carboxylic acid groups (broad SMARTS) is 1. The molecule has 1 aliphatic rings. The van der Waals surface area contributed by atoms with Gasteiger partial charge in [-0.05, 0) is 0 Å². The van der Waals surface area contributed by atoms with E-state index in [4.69, 9.17) is 27.2 Å². The van der Waals surface area contributed by atoms with Gasteiger partial charge in [-0.2, -0.15) is 0 Å². The first-order valence-corrected chi connectivity index (χ1v) is 6.93. The molecule has 0 aliphatic carbocycles. The average Bonchev–Trinajstić information content (AvgIpc) is 2.47. The lowest BCUT2D eigenvalue weighted by atomic mass is 9.88. The normalized spacial score (nSPS) is 34.7. The number of alkyl halides is 1. The maximum atomic E-state index is 11.4. The Kier molecular flexibility index (Phi) is 6.50. The Balaban J connectivity index is 3.07. The van der Waals surface area contributed by atoms with Crippen molar-refractivity contribution in [2.24, 2.45) is 5.73 Å². The van der Waals surface area contributed by atoms with Crippen molar-refractivity contribution in [1.82, 2.24) is 5.32 Å². The summed E-state index contributed by atoms with van der Waals surface area (Å²) < 4.78 is 4.92. The number of halogens is 1. The maximum Gasteiger partial charge on any atom is 0.364 e. The number of aliphatic carboxylic acids is 1. The summed E-state index contributed by atoms with van der Waals surface area (Å²) in [5, 5.41) is 50.6. The van der Waals surface area contributed by atoms with Crippen LogP contribution >= 0.6 is 11.6 Å². The van der Waals surface area contributed by atoms with E-state index in [0.717, 1.165) is 0 Å². The number of carbonyl (C=O) groups is 2. The van der Waals surface area contributed by atoms with Crippen molar-refractivity contribution in [2.75, 3.05) is 12.4 Å². The van der Waals surface area contributed by atoms with Gasteiger partial charge >= 0.3 is 5.97 Å². The second-order valence-electron chi connectivity index (χ2n) is 4.96. The molecule has 0 radical (unpaired) electrons.